The zero-order chi connectivity index (χ0) is 12.0. The van der Waals surface area contributed by atoms with Crippen molar-refractivity contribution in [2.75, 3.05) is 13.7 Å². The standard InChI is InChI=1S/C12H17NO3/c1-12(15,9-16-2)11(14)13-8-10-6-4-3-5-7-10/h3-7,15H,8-9H2,1-2H3,(H,13,14)/t12-/m0/s1. The van der Waals surface area contributed by atoms with Crippen molar-refractivity contribution in [3.63, 3.8) is 0 Å². The molecule has 0 aliphatic heterocycles. The molecule has 0 saturated carbocycles. The van der Waals surface area contributed by atoms with Gasteiger partial charge in [0.25, 0.3) is 5.91 Å². The summed E-state index contributed by atoms with van der Waals surface area (Å²) in [4.78, 5) is 11.6. The van der Waals surface area contributed by atoms with Crippen molar-refractivity contribution in [2.45, 2.75) is 19.1 Å². The van der Waals surface area contributed by atoms with E-state index in [0.29, 0.717) is 6.54 Å². The first-order valence-electron chi connectivity index (χ1n) is 5.10. The van der Waals surface area contributed by atoms with Crippen LogP contribution in [0.1, 0.15) is 12.5 Å². The molecule has 1 rings (SSSR count). The number of aliphatic hydroxyl groups is 1. The van der Waals surface area contributed by atoms with Crippen molar-refractivity contribution in [3.05, 3.63) is 35.9 Å². The molecular weight excluding hydrogens is 206 g/mol. The van der Waals surface area contributed by atoms with Crippen LogP contribution in [0.25, 0.3) is 0 Å². The molecule has 1 aromatic carbocycles. The lowest BCUT2D eigenvalue weighted by atomic mass is 10.1. The Balaban J connectivity index is 2.47. The van der Waals surface area contributed by atoms with Crippen LogP contribution in [0.5, 0.6) is 0 Å². The van der Waals surface area contributed by atoms with Gasteiger partial charge in [0.15, 0.2) is 5.60 Å². The highest BCUT2D eigenvalue weighted by Gasteiger charge is 2.29. The quantitative estimate of drug-likeness (QED) is 0.772. The van der Waals surface area contributed by atoms with Crippen LogP contribution in [0, 0.1) is 0 Å². The van der Waals surface area contributed by atoms with Gasteiger partial charge in [-0.05, 0) is 12.5 Å². The molecule has 2 N–H and O–H groups in total. The highest BCUT2D eigenvalue weighted by molar-refractivity contribution is 5.84. The first kappa shape index (κ1) is 12.7. The molecule has 88 valence electrons. The summed E-state index contributed by atoms with van der Waals surface area (Å²) in [6.07, 6.45) is 0. The van der Waals surface area contributed by atoms with E-state index in [2.05, 4.69) is 5.32 Å². The zero-order valence-corrected chi connectivity index (χ0v) is 9.56. The molecule has 0 aromatic heterocycles. The molecule has 4 nitrogen and oxygen atoms in total. The zero-order valence-electron chi connectivity index (χ0n) is 9.56. The number of ether oxygens (including phenoxy) is 1. The van der Waals surface area contributed by atoms with E-state index < -0.39 is 11.5 Å². The predicted molar refractivity (Wildman–Crippen MR) is 60.8 cm³/mol. The summed E-state index contributed by atoms with van der Waals surface area (Å²) in [7, 11) is 1.44. The van der Waals surface area contributed by atoms with Crippen molar-refractivity contribution < 1.29 is 14.6 Å². The summed E-state index contributed by atoms with van der Waals surface area (Å²) in [5.41, 5.74) is -0.493. The fourth-order valence-corrected chi connectivity index (χ4v) is 1.32. The summed E-state index contributed by atoms with van der Waals surface area (Å²) in [5, 5.41) is 12.4. The number of benzene rings is 1. The van der Waals surface area contributed by atoms with Gasteiger partial charge in [0.2, 0.25) is 0 Å². The maximum Gasteiger partial charge on any atom is 0.254 e. The number of amides is 1. The van der Waals surface area contributed by atoms with Gasteiger partial charge in [-0.15, -0.1) is 0 Å². The lowest BCUT2D eigenvalue weighted by molar-refractivity contribution is -0.143. The number of carbonyl (C=O) groups excluding carboxylic acids is 1. The molecular formula is C12H17NO3. The Kier molecular flexibility index (Phi) is 4.46. The van der Waals surface area contributed by atoms with Crippen molar-refractivity contribution in [1.82, 2.24) is 5.32 Å². The van der Waals surface area contributed by atoms with Gasteiger partial charge in [0, 0.05) is 13.7 Å². The molecule has 4 heteroatoms. The van der Waals surface area contributed by atoms with Gasteiger partial charge in [0.05, 0.1) is 6.61 Å². The van der Waals surface area contributed by atoms with Crippen molar-refractivity contribution in [2.24, 2.45) is 0 Å². The molecule has 1 amide bonds. The lowest BCUT2D eigenvalue weighted by Gasteiger charge is -2.21. The largest absolute Gasteiger partial charge is 0.381 e. The Labute approximate surface area is 95.2 Å². The normalized spacial score (nSPS) is 14.2. The van der Waals surface area contributed by atoms with Gasteiger partial charge in [-0.3, -0.25) is 4.79 Å². The first-order valence-corrected chi connectivity index (χ1v) is 5.10. The van der Waals surface area contributed by atoms with Gasteiger partial charge in [-0.25, -0.2) is 0 Å². The minimum Gasteiger partial charge on any atom is -0.381 e. The van der Waals surface area contributed by atoms with E-state index in [0.717, 1.165) is 5.56 Å². The summed E-state index contributed by atoms with van der Waals surface area (Å²) >= 11 is 0. The van der Waals surface area contributed by atoms with E-state index in [1.807, 2.05) is 30.3 Å². The van der Waals surface area contributed by atoms with Crippen LogP contribution in [0.3, 0.4) is 0 Å². The van der Waals surface area contributed by atoms with Gasteiger partial charge < -0.3 is 15.2 Å². The number of rotatable bonds is 5. The van der Waals surface area contributed by atoms with Gasteiger partial charge in [-0.2, -0.15) is 0 Å². The molecule has 0 unspecified atom stereocenters. The molecule has 0 saturated heterocycles. The van der Waals surface area contributed by atoms with Gasteiger partial charge in [-0.1, -0.05) is 30.3 Å². The Morgan fingerprint density at radius 3 is 2.62 bits per heavy atom. The Morgan fingerprint density at radius 1 is 1.44 bits per heavy atom. The highest BCUT2D eigenvalue weighted by Crippen LogP contribution is 2.04. The molecule has 0 radical (unpaired) electrons. The van der Waals surface area contributed by atoms with Crippen LogP contribution in [0.15, 0.2) is 30.3 Å². The molecule has 1 aromatic rings. The number of hydrogen-bond donors (Lipinski definition) is 2. The fraction of sp³-hybridized carbons (Fsp3) is 0.417. The smallest absolute Gasteiger partial charge is 0.254 e. The van der Waals surface area contributed by atoms with E-state index >= 15 is 0 Å². The molecule has 1 atom stereocenters. The third-order valence-electron chi connectivity index (χ3n) is 2.21. The molecule has 0 spiro atoms. The Hall–Kier alpha value is -1.39. The predicted octanol–water partition coefficient (Wildman–Crippen LogP) is 0.700. The topological polar surface area (TPSA) is 58.6 Å². The minimum absolute atomic E-state index is 0.0202. The van der Waals surface area contributed by atoms with Crippen LogP contribution in [-0.2, 0) is 16.1 Å². The second-order valence-electron chi connectivity index (χ2n) is 3.88. The summed E-state index contributed by atoms with van der Waals surface area (Å²) in [6, 6.07) is 9.52. The van der Waals surface area contributed by atoms with E-state index in [9.17, 15) is 9.90 Å². The van der Waals surface area contributed by atoms with Crippen molar-refractivity contribution in [3.8, 4) is 0 Å². The number of carbonyl (C=O) groups is 1. The van der Waals surface area contributed by atoms with Crippen LogP contribution in [0.4, 0.5) is 0 Å². The highest BCUT2D eigenvalue weighted by atomic mass is 16.5. The SMILES string of the molecule is COC[C@](C)(O)C(=O)NCc1ccccc1. The van der Waals surface area contributed by atoms with Crippen LogP contribution in [0.2, 0.25) is 0 Å². The lowest BCUT2D eigenvalue weighted by Crippen LogP contribution is -2.47. The average molecular weight is 223 g/mol. The van der Waals surface area contributed by atoms with E-state index in [-0.39, 0.29) is 6.61 Å². The molecule has 0 aliphatic rings. The number of hydrogen-bond acceptors (Lipinski definition) is 3. The first-order chi connectivity index (χ1) is 7.56. The van der Waals surface area contributed by atoms with Crippen LogP contribution >= 0.6 is 0 Å². The number of methoxy groups -OCH3 is 1. The van der Waals surface area contributed by atoms with Gasteiger partial charge >= 0.3 is 0 Å². The summed E-state index contributed by atoms with van der Waals surface area (Å²) in [6.45, 7) is 1.81. The summed E-state index contributed by atoms with van der Waals surface area (Å²) in [5.74, 6) is -0.432. The molecule has 0 bridgehead atoms. The maximum atomic E-state index is 11.6. The maximum absolute atomic E-state index is 11.6. The minimum atomic E-state index is -1.48. The van der Waals surface area contributed by atoms with Gasteiger partial charge in [0.1, 0.15) is 0 Å². The Bertz CT molecular complexity index is 335. The molecule has 0 heterocycles. The van der Waals surface area contributed by atoms with Crippen LogP contribution in [-0.4, -0.2) is 30.3 Å². The van der Waals surface area contributed by atoms with Crippen molar-refractivity contribution in [1.29, 1.82) is 0 Å². The molecule has 0 fully saturated rings. The fourth-order valence-electron chi connectivity index (χ4n) is 1.32. The third kappa shape index (κ3) is 3.64. The number of nitrogens with one attached hydrogen (secondary N) is 1. The third-order valence-corrected chi connectivity index (χ3v) is 2.21. The average Bonchev–Trinajstić information content (AvgIpc) is 2.27. The second kappa shape index (κ2) is 5.63. The second-order valence-corrected chi connectivity index (χ2v) is 3.88. The van der Waals surface area contributed by atoms with E-state index in [1.165, 1.54) is 14.0 Å². The molecule has 0 aliphatic carbocycles. The van der Waals surface area contributed by atoms with Crippen LogP contribution < -0.4 is 5.32 Å². The monoisotopic (exact) mass is 223 g/mol. The van der Waals surface area contributed by atoms with E-state index in [4.69, 9.17) is 4.74 Å². The van der Waals surface area contributed by atoms with E-state index in [1.54, 1.807) is 0 Å². The summed E-state index contributed by atoms with van der Waals surface area (Å²) < 4.78 is 4.77. The Morgan fingerprint density at radius 2 is 2.06 bits per heavy atom. The molecule has 16 heavy (non-hydrogen) atoms. The van der Waals surface area contributed by atoms with Crippen molar-refractivity contribution >= 4 is 5.91 Å².